The summed E-state index contributed by atoms with van der Waals surface area (Å²) in [6.45, 7) is 6.36. The molecule has 0 unspecified atom stereocenters. The van der Waals surface area contributed by atoms with E-state index in [1.165, 1.54) is 6.39 Å². The highest BCUT2D eigenvalue weighted by Crippen LogP contribution is 2.27. The standard InChI is InChI=1S/C12H14N6O/c1-6-7(2)18(4-9-14-5-19-17-9)12-10(6)11(13)15-8(3)16-12/h5H,4H2,1-3H3,(H2,13,15,16). The van der Waals surface area contributed by atoms with Crippen LogP contribution >= 0.6 is 0 Å². The Balaban J connectivity index is 2.26. The molecule has 7 heteroatoms. The number of rotatable bonds is 2. The van der Waals surface area contributed by atoms with Crippen molar-refractivity contribution in [3.63, 3.8) is 0 Å². The molecule has 0 aliphatic carbocycles. The quantitative estimate of drug-likeness (QED) is 0.745. The van der Waals surface area contributed by atoms with E-state index in [9.17, 15) is 0 Å². The van der Waals surface area contributed by atoms with E-state index in [1.807, 2.05) is 25.3 Å². The van der Waals surface area contributed by atoms with Gasteiger partial charge in [-0.25, -0.2) is 9.97 Å². The van der Waals surface area contributed by atoms with Gasteiger partial charge in [0, 0.05) is 5.69 Å². The van der Waals surface area contributed by atoms with Crippen molar-refractivity contribution < 1.29 is 4.52 Å². The number of fused-ring (bicyclic) bond motifs is 1. The van der Waals surface area contributed by atoms with Crippen LogP contribution in [0.2, 0.25) is 0 Å². The van der Waals surface area contributed by atoms with Crippen LogP contribution in [-0.4, -0.2) is 24.7 Å². The molecule has 0 bridgehead atoms. The first-order valence-electron chi connectivity index (χ1n) is 5.92. The van der Waals surface area contributed by atoms with Gasteiger partial charge in [0.1, 0.15) is 17.3 Å². The van der Waals surface area contributed by atoms with Crippen molar-refractivity contribution in [2.45, 2.75) is 27.3 Å². The highest BCUT2D eigenvalue weighted by atomic mass is 16.5. The number of aromatic nitrogens is 5. The molecule has 3 rings (SSSR count). The Morgan fingerprint density at radius 3 is 2.74 bits per heavy atom. The van der Waals surface area contributed by atoms with Gasteiger partial charge in [-0.2, -0.15) is 4.98 Å². The third kappa shape index (κ3) is 1.74. The first kappa shape index (κ1) is 11.6. The van der Waals surface area contributed by atoms with Gasteiger partial charge >= 0.3 is 0 Å². The third-order valence-corrected chi connectivity index (χ3v) is 3.31. The molecular weight excluding hydrogens is 244 g/mol. The minimum absolute atomic E-state index is 0.503. The predicted molar refractivity (Wildman–Crippen MR) is 69.6 cm³/mol. The van der Waals surface area contributed by atoms with Gasteiger partial charge in [-0.1, -0.05) is 5.16 Å². The van der Waals surface area contributed by atoms with Gasteiger partial charge < -0.3 is 14.8 Å². The molecule has 0 radical (unpaired) electrons. The maximum atomic E-state index is 6.00. The molecule has 0 fully saturated rings. The molecule has 0 saturated heterocycles. The van der Waals surface area contributed by atoms with Gasteiger partial charge in [-0.15, -0.1) is 0 Å². The van der Waals surface area contributed by atoms with E-state index in [1.54, 1.807) is 0 Å². The summed E-state index contributed by atoms with van der Waals surface area (Å²) in [5, 5.41) is 4.73. The van der Waals surface area contributed by atoms with Crippen LogP contribution < -0.4 is 5.73 Å². The molecular formula is C12H14N6O. The van der Waals surface area contributed by atoms with Crippen molar-refractivity contribution in [3.05, 3.63) is 29.3 Å². The molecule has 0 spiro atoms. The number of aryl methyl sites for hydroxylation is 2. The summed E-state index contributed by atoms with van der Waals surface area (Å²) in [4.78, 5) is 12.7. The monoisotopic (exact) mass is 258 g/mol. The van der Waals surface area contributed by atoms with Crippen LogP contribution in [0, 0.1) is 20.8 Å². The molecule has 0 amide bonds. The van der Waals surface area contributed by atoms with Gasteiger partial charge in [0.15, 0.2) is 5.82 Å². The average Bonchev–Trinajstić information content (AvgIpc) is 2.93. The van der Waals surface area contributed by atoms with Crippen LogP contribution in [0.25, 0.3) is 11.0 Å². The topological polar surface area (TPSA) is 95.7 Å². The number of nitrogens with zero attached hydrogens (tertiary/aromatic N) is 5. The largest absolute Gasteiger partial charge is 0.383 e. The van der Waals surface area contributed by atoms with E-state index in [-0.39, 0.29) is 0 Å². The van der Waals surface area contributed by atoms with Crippen LogP contribution in [0.15, 0.2) is 10.9 Å². The summed E-state index contributed by atoms with van der Waals surface area (Å²) in [7, 11) is 0. The Morgan fingerprint density at radius 2 is 2.05 bits per heavy atom. The molecule has 3 heterocycles. The van der Waals surface area contributed by atoms with Crippen LogP contribution in [0.4, 0.5) is 5.82 Å². The first-order chi connectivity index (χ1) is 9.08. The van der Waals surface area contributed by atoms with Crippen LogP contribution in [0.5, 0.6) is 0 Å². The normalized spacial score (nSPS) is 11.3. The number of hydrogen-bond donors (Lipinski definition) is 1. The number of nitrogen functional groups attached to an aromatic ring is 1. The molecule has 3 aromatic heterocycles. The summed E-state index contributed by atoms with van der Waals surface area (Å²) in [6, 6.07) is 0. The average molecular weight is 258 g/mol. The fraction of sp³-hybridized carbons (Fsp3) is 0.333. The fourth-order valence-electron chi connectivity index (χ4n) is 2.27. The molecule has 3 aromatic rings. The zero-order chi connectivity index (χ0) is 13.6. The second kappa shape index (κ2) is 4.04. The van der Waals surface area contributed by atoms with Crippen LogP contribution in [-0.2, 0) is 6.54 Å². The van der Waals surface area contributed by atoms with E-state index >= 15 is 0 Å². The van der Waals surface area contributed by atoms with Crippen molar-refractivity contribution >= 4 is 16.9 Å². The number of nitrogens with two attached hydrogens (primary N) is 1. The molecule has 19 heavy (non-hydrogen) atoms. The molecule has 0 aromatic carbocycles. The lowest BCUT2D eigenvalue weighted by Crippen LogP contribution is -2.05. The number of hydrogen-bond acceptors (Lipinski definition) is 6. The van der Waals surface area contributed by atoms with Gasteiger partial charge in [0.05, 0.1) is 11.9 Å². The molecule has 0 atom stereocenters. The Labute approximate surface area is 109 Å². The summed E-state index contributed by atoms with van der Waals surface area (Å²) < 4.78 is 6.79. The zero-order valence-electron chi connectivity index (χ0n) is 11.0. The Kier molecular flexibility index (Phi) is 2.48. The SMILES string of the molecule is Cc1nc(N)c2c(C)c(C)n(Cc3ncon3)c2n1. The van der Waals surface area contributed by atoms with Gasteiger partial charge in [-0.3, -0.25) is 0 Å². The Morgan fingerprint density at radius 1 is 1.26 bits per heavy atom. The number of anilines is 1. The molecule has 2 N–H and O–H groups in total. The van der Waals surface area contributed by atoms with Crippen molar-refractivity contribution in [3.8, 4) is 0 Å². The van der Waals surface area contributed by atoms with Crippen molar-refractivity contribution in [1.82, 2.24) is 24.7 Å². The molecule has 98 valence electrons. The molecule has 7 nitrogen and oxygen atoms in total. The third-order valence-electron chi connectivity index (χ3n) is 3.31. The lowest BCUT2D eigenvalue weighted by Gasteiger charge is -2.05. The predicted octanol–water partition coefficient (Wildman–Crippen LogP) is 1.37. The van der Waals surface area contributed by atoms with Crippen molar-refractivity contribution in [2.24, 2.45) is 0 Å². The van der Waals surface area contributed by atoms with E-state index in [2.05, 4.69) is 20.1 Å². The summed E-state index contributed by atoms with van der Waals surface area (Å²) in [5.41, 5.74) is 8.96. The fourth-order valence-corrected chi connectivity index (χ4v) is 2.27. The van der Waals surface area contributed by atoms with Crippen molar-refractivity contribution in [1.29, 1.82) is 0 Å². The Bertz CT molecular complexity index is 744. The lowest BCUT2D eigenvalue weighted by molar-refractivity contribution is 0.408. The van der Waals surface area contributed by atoms with E-state index < -0.39 is 0 Å². The van der Waals surface area contributed by atoms with E-state index in [0.717, 1.165) is 22.3 Å². The van der Waals surface area contributed by atoms with Gasteiger partial charge in [0.25, 0.3) is 0 Å². The summed E-state index contributed by atoms with van der Waals surface area (Å²) >= 11 is 0. The van der Waals surface area contributed by atoms with Crippen LogP contribution in [0.3, 0.4) is 0 Å². The highest BCUT2D eigenvalue weighted by molar-refractivity contribution is 5.91. The first-order valence-corrected chi connectivity index (χ1v) is 5.92. The molecule has 0 aliphatic heterocycles. The minimum atomic E-state index is 0.503. The Hall–Kier alpha value is -2.44. The maximum absolute atomic E-state index is 6.00. The lowest BCUT2D eigenvalue weighted by atomic mass is 10.2. The van der Waals surface area contributed by atoms with Crippen LogP contribution in [0.1, 0.15) is 22.9 Å². The van der Waals surface area contributed by atoms with Gasteiger partial charge in [-0.05, 0) is 26.3 Å². The molecule has 0 aliphatic rings. The highest BCUT2D eigenvalue weighted by Gasteiger charge is 2.17. The minimum Gasteiger partial charge on any atom is -0.383 e. The van der Waals surface area contributed by atoms with E-state index in [4.69, 9.17) is 10.3 Å². The second-order valence-electron chi connectivity index (χ2n) is 4.50. The summed E-state index contributed by atoms with van der Waals surface area (Å²) in [6.07, 6.45) is 1.32. The maximum Gasteiger partial charge on any atom is 0.213 e. The smallest absolute Gasteiger partial charge is 0.213 e. The van der Waals surface area contributed by atoms with Gasteiger partial charge in [0.2, 0.25) is 6.39 Å². The van der Waals surface area contributed by atoms with E-state index in [0.29, 0.717) is 24.0 Å². The second-order valence-corrected chi connectivity index (χ2v) is 4.50. The van der Waals surface area contributed by atoms with Crippen molar-refractivity contribution in [2.75, 3.05) is 5.73 Å². The zero-order valence-corrected chi connectivity index (χ0v) is 11.0. The molecule has 0 saturated carbocycles. The summed E-state index contributed by atoms with van der Waals surface area (Å²) in [5.74, 6) is 1.77.